The van der Waals surface area contributed by atoms with Gasteiger partial charge >= 0.3 is 11.9 Å². The highest BCUT2D eigenvalue weighted by atomic mass is 16.5. The number of nitrogens with zero attached hydrogens (tertiary/aromatic N) is 1. The lowest BCUT2D eigenvalue weighted by Gasteiger charge is -2.32. The van der Waals surface area contributed by atoms with Crippen LogP contribution >= 0.6 is 0 Å². The van der Waals surface area contributed by atoms with E-state index in [4.69, 9.17) is 19.7 Å². The molecule has 0 amide bonds. The number of ether oxygens (including phenoxy) is 2. The van der Waals surface area contributed by atoms with Crippen molar-refractivity contribution in [1.82, 2.24) is 4.90 Å². The van der Waals surface area contributed by atoms with Crippen LogP contribution in [0.5, 0.6) is 5.75 Å². The molecule has 1 aromatic rings. The van der Waals surface area contributed by atoms with E-state index in [2.05, 4.69) is 32.6 Å². The Balaban J connectivity index is 0.000000890. The predicted molar refractivity (Wildman–Crippen MR) is 115 cm³/mol. The molecule has 0 fully saturated rings. The first kappa shape index (κ1) is 27.8. The van der Waals surface area contributed by atoms with Crippen molar-refractivity contribution < 1.29 is 34.4 Å². The van der Waals surface area contributed by atoms with Crippen molar-refractivity contribution >= 4 is 11.9 Å². The first-order valence-electron chi connectivity index (χ1n) is 10.1. The van der Waals surface area contributed by atoms with E-state index in [0.29, 0.717) is 25.2 Å². The van der Waals surface area contributed by atoms with Gasteiger partial charge in [0.1, 0.15) is 18.5 Å². The summed E-state index contributed by atoms with van der Waals surface area (Å²) in [6.07, 6.45) is -0.181. The van der Waals surface area contributed by atoms with Crippen molar-refractivity contribution in [2.45, 2.75) is 65.1 Å². The minimum atomic E-state index is -1.08. The first-order chi connectivity index (χ1) is 14.1. The Bertz CT molecular complexity index is 580. The third-order valence-electron chi connectivity index (χ3n) is 4.26. The molecule has 0 aliphatic carbocycles. The summed E-state index contributed by atoms with van der Waals surface area (Å²) in [5.74, 6) is -1.36. The SMILES string of the molecule is COCCc1ccc(OCC(O)CN(C(C)C)C(C)C)cc1.O=C(O)CCC(=O)O. The highest BCUT2D eigenvalue weighted by Crippen LogP contribution is 2.14. The monoisotopic (exact) mass is 427 g/mol. The average molecular weight is 428 g/mol. The molecule has 1 rings (SSSR count). The van der Waals surface area contributed by atoms with Crippen LogP contribution in [0, 0.1) is 0 Å². The second kappa shape index (κ2) is 15.6. The Morgan fingerprint density at radius 3 is 1.87 bits per heavy atom. The molecule has 30 heavy (non-hydrogen) atoms. The fourth-order valence-corrected chi connectivity index (χ4v) is 2.69. The number of aliphatic hydroxyl groups is 1. The molecule has 0 saturated carbocycles. The lowest BCUT2D eigenvalue weighted by atomic mass is 10.1. The summed E-state index contributed by atoms with van der Waals surface area (Å²) in [6.45, 7) is 10.2. The van der Waals surface area contributed by atoms with Gasteiger partial charge in [0.2, 0.25) is 0 Å². The molecule has 0 saturated heterocycles. The largest absolute Gasteiger partial charge is 0.491 e. The zero-order chi connectivity index (χ0) is 23.1. The quantitative estimate of drug-likeness (QED) is 0.440. The highest BCUT2D eigenvalue weighted by molar-refractivity contribution is 5.75. The molecule has 0 aliphatic heterocycles. The first-order valence-corrected chi connectivity index (χ1v) is 10.1. The molecule has 0 heterocycles. The van der Waals surface area contributed by atoms with Gasteiger partial charge in [-0.15, -0.1) is 0 Å². The van der Waals surface area contributed by atoms with Crippen molar-refractivity contribution in [3.63, 3.8) is 0 Å². The number of hydrogen-bond acceptors (Lipinski definition) is 6. The smallest absolute Gasteiger partial charge is 0.303 e. The summed E-state index contributed by atoms with van der Waals surface area (Å²) in [4.78, 5) is 21.5. The summed E-state index contributed by atoms with van der Waals surface area (Å²) in [7, 11) is 1.70. The van der Waals surface area contributed by atoms with E-state index in [1.54, 1.807) is 7.11 Å². The van der Waals surface area contributed by atoms with Crippen LogP contribution in [0.15, 0.2) is 24.3 Å². The van der Waals surface area contributed by atoms with E-state index in [0.717, 1.165) is 18.8 Å². The van der Waals surface area contributed by atoms with Gasteiger partial charge in [-0.1, -0.05) is 12.1 Å². The zero-order valence-corrected chi connectivity index (χ0v) is 18.7. The van der Waals surface area contributed by atoms with Gasteiger partial charge in [-0.25, -0.2) is 0 Å². The molecule has 1 atom stereocenters. The minimum Gasteiger partial charge on any atom is -0.491 e. The summed E-state index contributed by atoms with van der Waals surface area (Å²) >= 11 is 0. The van der Waals surface area contributed by atoms with Gasteiger partial charge in [0.15, 0.2) is 0 Å². The zero-order valence-electron chi connectivity index (χ0n) is 18.7. The van der Waals surface area contributed by atoms with E-state index in [1.807, 2.05) is 24.3 Å². The summed E-state index contributed by atoms with van der Waals surface area (Å²) in [5, 5.41) is 26.0. The van der Waals surface area contributed by atoms with Crippen LogP contribution in [-0.4, -0.2) is 77.2 Å². The van der Waals surface area contributed by atoms with E-state index in [1.165, 1.54) is 5.56 Å². The number of carbonyl (C=O) groups is 2. The van der Waals surface area contributed by atoms with Gasteiger partial charge in [0, 0.05) is 25.7 Å². The molecule has 1 unspecified atom stereocenters. The number of aliphatic carboxylic acids is 2. The van der Waals surface area contributed by atoms with Crippen LogP contribution in [0.3, 0.4) is 0 Å². The second-order valence-electron chi connectivity index (χ2n) is 7.52. The highest BCUT2D eigenvalue weighted by Gasteiger charge is 2.17. The normalized spacial score (nSPS) is 11.9. The van der Waals surface area contributed by atoms with Crippen LogP contribution in [0.4, 0.5) is 0 Å². The fourth-order valence-electron chi connectivity index (χ4n) is 2.69. The Kier molecular flexibility index (Phi) is 14.5. The van der Waals surface area contributed by atoms with Gasteiger partial charge in [0.25, 0.3) is 0 Å². The topological polar surface area (TPSA) is 117 Å². The van der Waals surface area contributed by atoms with Crippen molar-refractivity contribution in [2.75, 3.05) is 26.9 Å². The van der Waals surface area contributed by atoms with E-state index >= 15 is 0 Å². The number of aliphatic hydroxyl groups excluding tert-OH is 1. The molecule has 0 aromatic heterocycles. The molecule has 0 spiro atoms. The van der Waals surface area contributed by atoms with Crippen molar-refractivity contribution in [1.29, 1.82) is 0 Å². The molecule has 8 nitrogen and oxygen atoms in total. The van der Waals surface area contributed by atoms with Gasteiger partial charge in [-0.05, 0) is 51.8 Å². The maximum atomic E-state index is 10.2. The Hall–Kier alpha value is -2.16. The second-order valence-corrected chi connectivity index (χ2v) is 7.52. The van der Waals surface area contributed by atoms with Gasteiger partial charge in [-0.2, -0.15) is 0 Å². The maximum Gasteiger partial charge on any atom is 0.303 e. The number of methoxy groups -OCH3 is 1. The molecule has 0 bridgehead atoms. The minimum absolute atomic E-state index is 0.296. The molecule has 3 N–H and O–H groups in total. The summed E-state index contributed by atoms with van der Waals surface area (Å²) < 4.78 is 10.7. The third kappa shape index (κ3) is 13.9. The lowest BCUT2D eigenvalue weighted by Crippen LogP contribution is -2.43. The molecule has 8 heteroatoms. The molecule has 0 radical (unpaired) electrons. The van der Waals surface area contributed by atoms with Crippen LogP contribution in [-0.2, 0) is 20.7 Å². The van der Waals surface area contributed by atoms with Gasteiger partial charge < -0.3 is 24.8 Å². The Morgan fingerprint density at radius 2 is 1.47 bits per heavy atom. The molecule has 1 aromatic carbocycles. The number of carboxylic acids is 2. The van der Waals surface area contributed by atoms with Crippen molar-refractivity contribution in [2.24, 2.45) is 0 Å². The van der Waals surface area contributed by atoms with Crippen molar-refractivity contribution in [3.8, 4) is 5.75 Å². The van der Waals surface area contributed by atoms with Gasteiger partial charge in [0.05, 0.1) is 19.4 Å². The molecular formula is C22H37NO7. The predicted octanol–water partition coefficient (Wildman–Crippen LogP) is 2.67. The number of rotatable bonds is 13. The van der Waals surface area contributed by atoms with Crippen LogP contribution in [0.25, 0.3) is 0 Å². The molecule has 172 valence electrons. The summed E-state index contributed by atoms with van der Waals surface area (Å²) in [6, 6.07) is 8.79. The Labute approximate surface area is 179 Å². The average Bonchev–Trinajstić information content (AvgIpc) is 2.68. The standard InChI is InChI=1S/C18H31NO3.C4H6O4/c1-14(2)19(15(3)4)12-17(20)13-22-18-8-6-16(7-9-18)10-11-21-5;5-3(6)1-2-4(7)8/h6-9,14-15,17,20H,10-13H2,1-5H3;1-2H2,(H,5,6)(H,7,8). The number of carboxylic acid groups (broad SMARTS) is 2. The van der Waals surface area contributed by atoms with Gasteiger partial charge in [-0.3, -0.25) is 14.5 Å². The van der Waals surface area contributed by atoms with E-state index in [-0.39, 0.29) is 12.8 Å². The van der Waals surface area contributed by atoms with Crippen LogP contribution in [0.1, 0.15) is 46.1 Å². The van der Waals surface area contributed by atoms with E-state index in [9.17, 15) is 14.7 Å². The number of hydrogen-bond donors (Lipinski definition) is 3. The van der Waals surface area contributed by atoms with Crippen LogP contribution < -0.4 is 4.74 Å². The molecule has 0 aliphatic rings. The third-order valence-corrected chi connectivity index (χ3v) is 4.26. The summed E-state index contributed by atoms with van der Waals surface area (Å²) in [5.41, 5.74) is 1.22. The van der Waals surface area contributed by atoms with Crippen molar-refractivity contribution in [3.05, 3.63) is 29.8 Å². The maximum absolute atomic E-state index is 10.2. The fraction of sp³-hybridized carbons (Fsp3) is 0.636. The van der Waals surface area contributed by atoms with Crippen LogP contribution in [0.2, 0.25) is 0 Å². The van der Waals surface area contributed by atoms with E-state index < -0.39 is 18.0 Å². The number of benzene rings is 1. The Morgan fingerprint density at radius 1 is 0.967 bits per heavy atom. The lowest BCUT2D eigenvalue weighted by molar-refractivity contribution is -0.143. The molecular weight excluding hydrogens is 390 g/mol.